The number of hydrogen-bond acceptors (Lipinski definition) is 3. The number of hydrogen-bond donors (Lipinski definition) is 1. The minimum absolute atomic E-state index is 0.0389. The van der Waals surface area contributed by atoms with Gasteiger partial charge in [0.15, 0.2) is 0 Å². The first-order valence-electron chi connectivity index (χ1n) is 6.61. The Labute approximate surface area is 108 Å². The lowest BCUT2D eigenvalue weighted by atomic mass is 9.84. The summed E-state index contributed by atoms with van der Waals surface area (Å²) in [5, 5.41) is 10.4. The second kappa shape index (κ2) is 4.25. The molecule has 0 aromatic heterocycles. The zero-order valence-corrected chi connectivity index (χ0v) is 11.0. The molecule has 0 saturated carbocycles. The van der Waals surface area contributed by atoms with Crippen LogP contribution < -0.4 is 4.74 Å². The third kappa shape index (κ3) is 1.91. The Morgan fingerprint density at radius 3 is 2.94 bits per heavy atom. The SMILES string of the molecule is CC1(C)COc2ccc(C(O)C3CCOC3)cc21. The predicted octanol–water partition coefficient (Wildman–Crippen LogP) is 2.43. The maximum atomic E-state index is 10.4. The zero-order chi connectivity index (χ0) is 12.8. The van der Waals surface area contributed by atoms with Gasteiger partial charge in [-0.1, -0.05) is 19.9 Å². The van der Waals surface area contributed by atoms with E-state index in [0.29, 0.717) is 13.2 Å². The van der Waals surface area contributed by atoms with Gasteiger partial charge in [0.05, 0.1) is 19.3 Å². The third-order valence-electron chi connectivity index (χ3n) is 4.07. The van der Waals surface area contributed by atoms with Crippen LogP contribution in [-0.4, -0.2) is 24.9 Å². The van der Waals surface area contributed by atoms with E-state index in [0.717, 1.165) is 24.3 Å². The van der Waals surface area contributed by atoms with E-state index < -0.39 is 6.10 Å². The van der Waals surface area contributed by atoms with Crippen LogP contribution in [0.3, 0.4) is 0 Å². The summed E-state index contributed by atoms with van der Waals surface area (Å²) in [6.45, 7) is 6.50. The maximum absolute atomic E-state index is 10.4. The van der Waals surface area contributed by atoms with Gasteiger partial charge >= 0.3 is 0 Å². The van der Waals surface area contributed by atoms with Crippen LogP contribution >= 0.6 is 0 Å². The molecule has 2 aliphatic rings. The van der Waals surface area contributed by atoms with E-state index in [2.05, 4.69) is 19.9 Å². The average molecular weight is 248 g/mol. The van der Waals surface area contributed by atoms with Crippen molar-refractivity contribution in [3.05, 3.63) is 29.3 Å². The molecule has 2 unspecified atom stereocenters. The Kier molecular flexibility index (Phi) is 2.83. The van der Waals surface area contributed by atoms with Crippen LogP contribution in [0.5, 0.6) is 5.75 Å². The molecule has 18 heavy (non-hydrogen) atoms. The van der Waals surface area contributed by atoms with E-state index in [1.54, 1.807) is 0 Å². The van der Waals surface area contributed by atoms with Crippen LogP contribution in [0, 0.1) is 5.92 Å². The summed E-state index contributed by atoms with van der Waals surface area (Å²) in [6.07, 6.45) is 0.521. The number of benzene rings is 1. The van der Waals surface area contributed by atoms with Crippen molar-refractivity contribution >= 4 is 0 Å². The Morgan fingerprint density at radius 2 is 2.22 bits per heavy atom. The first-order chi connectivity index (χ1) is 8.58. The molecular formula is C15H20O3. The van der Waals surface area contributed by atoms with E-state index in [-0.39, 0.29) is 11.3 Å². The van der Waals surface area contributed by atoms with E-state index >= 15 is 0 Å². The van der Waals surface area contributed by atoms with Crippen LogP contribution in [0.4, 0.5) is 0 Å². The number of aliphatic hydroxyl groups is 1. The first-order valence-corrected chi connectivity index (χ1v) is 6.61. The van der Waals surface area contributed by atoms with Gasteiger partial charge in [0, 0.05) is 23.5 Å². The minimum atomic E-state index is -0.422. The Hall–Kier alpha value is -1.06. The third-order valence-corrected chi connectivity index (χ3v) is 4.07. The first kappa shape index (κ1) is 12.0. The van der Waals surface area contributed by atoms with E-state index in [4.69, 9.17) is 9.47 Å². The van der Waals surface area contributed by atoms with Gasteiger partial charge in [-0.2, -0.15) is 0 Å². The second-order valence-electron chi connectivity index (χ2n) is 6.00. The van der Waals surface area contributed by atoms with Gasteiger partial charge in [0.1, 0.15) is 5.75 Å². The number of ether oxygens (including phenoxy) is 2. The quantitative estimate of drug-likeness (QED) is 0.873. The fraction of sp³-hybridized carbons (Fsp3) is 0.600. The Balaban J connectivity index is 1.90. The van der Waals surface area contributed by atoms with Crippen LogP contribution in [0.2, 0.25) is 0 Å². The van der Waals surface area contributed by atoms with Crippen molar-refractivity contribution in [1.29, 1.82) is 0 Å². The molecule has 0 spiro atoms. The van der Waals surface area contributed by atoms with Crippen molar-refractivity contribution in [1.82, 2.24) is 0 Å². The van der Waals surface area contributed by atoms with Gasteiger partial charge in [-0.3, -0.25) is 0 Å². The molecule has 1 aromatic carbocycles. The molecular weight excluding hydrogens is 228 g/mol. The topological polar surface area (TPSA) is 38.7 Å². The van der Waals surface area contributed by atoms with Crippen LogP contribution in [0.15, 0.2) is 18.2 Å². The fourth-order valence-electron chi connectivity index (χ4n) is 2.80. The van der Waals surface area contributed by atoms with E-state index in [1.807, 2.05) is 12.1 Å². The standard InChI is InChI=1S/C15H20O3/c1-15(2)9-18-13-4-3-10(7-12(13)15)14(16)11-5-6-17-8-11/h3-4,7,11,14,16H,5-6,8-9H2,1-2H3. The summed E-state index contributed by atoms with van der Waals surface area (Å²) < 4.78 is 11.0. The van der Waals surface area contributed by atoms with Crippen molar-refractivity contribution in [3.63, 3.8) is 0 Å². The lowest BCUT2D eigenvalue weighted by Crippen LogP contribution is -2.19. The molecule has 1 fully saturated rings. The molecule has 1 saturated heterocycles. The highest BCUT2D eigenvalue weighted by atomic mass is 16.5. The lowest BCUT2D eigenvalue weighted by molar-refractivity contribution is 0.0917. The highest BCUT2D eigenvalue weighted by Gasteiger charge is 2.33. The lowest BCUT2D eigenvalue weighted by Gasteiger charge is -2.20. The molecule has 0 amide bonds. The number of aliphatic hydroxyl groups excluding tert-OH is 1. The molecule has 0 bridgehead atoms. The van der Waals surface area contributed by atoms with Gasteiger partial charge in [-0.15, -0.1) is 0 Å². The predicted molar refractivity (Wildman–Crippen MR) is 68.8 cm³/mol. The van der Waals surface area contributed by atoms with Gasteiger partial charge in [-0.05, 0) is 24.1 Å². The van der Waals surface area contributed by atoms with Crippen molar-refractivity contribution < 1.29 is 14.6 Å². The number of rotatable bonds is 2. The molecule has 0 aliphatic carbocycles. The molecule has 3 heteroatoms. The zero-order valence-electron chi connectivity index (χ0n) is 11.0. The summed E-state index contributed by atoms with van der Waals surface area (Å²) in [5.41, 5.74) is 2.23. The maximum Gasteiger partial charge on any atom is 0.123 e. The van der Waals surface area contributed by atoms with Gasteiger partial charge < -0.3 is 14.6 Å². The molecule has 1 aromatic rings. The second-order valence-corrected chi connectivity index (χ2v) is 6.00. The summed E-state index contributed by atoms with van der Waals surface area (Å²) >= 11 is 0. The Bertz CT molecular complexity index is 447. The van der Waals surface area contributed by atoms with Crippen molar-refractivity contribution in [2.75, 3.05) is 19.8 Å². The van der Waals surface area contributed by atoms with Crippen LogP contribution in [-0.2, 0) is 10.2 Å². The minimum Gasteiger partial charge on any atom is -0.492 e. The molecule has 1 N–H and O–H groups in total. The van der Waals surface area contributed by atoms with Gasteiger partial charge in [0.25, 0.3) is 0 Å². The highest BCUT2D eigenvalue weighted by Crippen LogP contribution is 2.40. The summed E-state index contributed by atoms with van der Waals surface area (Å²) in [7, 11) is 0. The molecule has 2 atom stereocenters. The molecule has 98 valence electrons. The molecule has 2 heterocycles. The average Bonchev–Trinajstić information content (AvgIpc) is 2.97. The molecule has 0 radical (unpaired) electrons. The summed E-state index contributed by atoms with van der Waals surface area (Å²) in [4.78, 5) is 0. The summed E-state index contributed by atoms with van der Waals surface area (Å²) in [6, 6.07) is 6.06. The highest BCUT2D eigenvalue weighted by molar-refractivity contribution is 5.45. The fourth-order valence-corrected chi connectivity index (χ4v) is 2.80. The van der Waals surface area contributed by atoms with Crippen molar-refractivity contribution in [3.8, 4) is 5.75 Å². The normalized spacial score (nSPS) is 26.7. The van der Waals surface area contributed by atoms with Crippen LogP contribution in [0.1, 0.15) is 37.5 Å². The van der Waals surface area contributed by atoms with Gasteiger partial charge in [0.2, 0.25) is 0 Å². The smallest absolute Gasteiger partial charge is 0.123 e. The van der Waals surface area contributed by atoms with E-state index in [9.17, 15) is 5.11 Å². The summed E-state index contributed by atoms with van der Waals surface area (Å²) in [5.74, 6) is 1.19. The monoisotopic (exact) mass is 248 g/mol. The van der Waals surface area contributed by atoms with Crippen LogP contribution in [0.25, 0.3) is 0 Å². The van der Waals surface area contributed by atoms with E-state index in [1.165, 1.54) is 5.56 Å². The largest absolute Gasteiger partial charge is 0.492 e. The Morgan fingerprint density at radius 1 is 1.39 bits per heavy atom. The van der Waals surface area contributed by atoms with Crippen molar-refractivity contribution in [2.45, 2.75) is 31.8 Å². The molecule has 2 aliphatic heterocycles. The molecule has 3 nitrogen and oxygen atoms in total. The van der Waals surface area contributed by atoms with Gasteiger partial charge in [-0.25, -0.2) is 0 Å². The van der Waals surface area contributed by atoms with Crippen molar-refractivity contribution in [2.24, 2.45) is 5.92 Å². The molecule has 3 rings (SSSR count). The number of fused-ring (bicyclic) bond motifs is 1.